The predicted octanol–water partition coefficient (Wildman–Crippen LogP) is 3.09. The standard InChI is InChI=1S/C13H11BS.C2H6/c1-8-4-2-5-9-12-10(14)6-3-7-11(12)15-13(8)9;1-2/h2,4-5,7H,3,6H2,1H3;1-2H3. The van der Waals surface area contributed by atoms with E-state index in [0.717, 1.165) is 18.3 Å². The second-order valence-electron chi connectivity index (χ2n) is 4.06. The molecule has 86 valence electrons. The van der Waals surface area contributed by atoms with Crippen LogP contribution in [-0.2, 0) is 0 Å². The molecule has 0 saturated carbocycles. The molecule has 1 aliphatic rings. The molecule has 1 aromatic heterocycles. The molecule has 0 nitrogen and oxygen atoms in total. The summed E-state index contributed by atoms with van der Waals surface area (Å²) in [6.07, 6.45) is 4.41. The molecule has 0 atom stereocenters. The van der Waals surface area contributed by atoms with Crippen LogP contribution in [0.15, 0.2) is 18.2 Å². The van der Waals surface area contributed by atoms with E-state index in [2.05, 4.69) is 31.2 Å². The molecule has 17 heavy (non-hydrogen) atoms. The largest absolute Gasteiger partial charge is 0.135 e. The smallest absolute Gasteiger partial charge is 0.108 e. The fraction of sp³-hybridized carbons (Fsp3) is 0.333. The van der Waals surface area contributed by atoms with Gasteiger partial charge in [0, 0.05) is 9.23 Å². The zero-order chi connectivity index (χ0) is 12.4. The summed E-state index contributed by atoms with van der Waals surface area (Å²) in [5.41, 5.74) is 2.41. The van der Waals surface area contributed by atoms with E-state index in [1.54, 1.807) is 0 Å². The summed E-state index contributed by atoms with van der Waals surface area (Å²) in [6.45, 7) is 6.17. The van der Waals surface area contributed by atoms with Gasteiger partial charge in [-0.15, -0.1) is 16.8 Å². The van der Waals surface area contributed by atoms with Gasteiger partial charge in [-0.1, -0.05) is 38.1 Å². The van der Waals surface area contributed by atoms with Gasteiger partial charge >= 0.3 is 0 Å². The molecule has 2 aromatic rings. The highest BCUT2D eigenvalue weighted by atomic mass is 32.1. The molecular formula is C15H17BS. The summed E-state index contributed by atoms with van der Waals surface area (Å²) < 4.78 is 2.76. The molecule has 0 amide bonds. The molecule has 3 rings (SSSR count). The zero-order valence-electron chi connectivity index (χ0n) is 10.7. The normalized spacial score (nSPS) is 13.7. The topological polar surface area (TPSA) is 0 Å². The van der Waals surface area contributed by atoms with E-state index in [9.17, 15) is 0 Å². The van der Waals surface area contributed by atoms with Crippen LogP contribution >= 0.6 is 11.3 Å². The van der Waals surface area contributed by atoms with Crippen LogP contribution in [0.1, 0.15) is 32.3 Å². The molecule has 0 N–H and O–H groups in total. The number of hydrogen-bond donors (Lipinski definition) is 0. The van der Waals surface area contributed by atoms with E-state index >= 15 is 0 Å². The number of fused-ring (bicyclic) bond motifs is 3. The van der Waals surface area contributed by atoms with E-state index < -0.39 is 0 Å². The number of hydrogen-bond acceptors (Lipinski definition) is 1. The molecule has 2 radical (unpaired) electrons. The van der Waals surface area contributed by atoms with Crippen molar-refractivity contribution in [3.63, 3.8) is 0 Å². The maximum Gasteiger partial charge on any atom is 0.108 e. The van der Waals surface area contributed by atoms with Crippen LogP contribution in [0.5, 0.6) is 0 Å². The van der Waals surface area contributed by atoms with Gasteiger partial charge in [-0.25, -0.2) is 0 Å². The summed E-state index contributed by atoms with van der Waals surface area (Å²) in [6, 6.07) is 6.47. The Morgan fingerprint density at radius 3 is 2.76 bits per heavy atom. The minimum absolute atomic E-state index is 1.01. The Labute approximate surface area is 108 Å². The lowest BCUT2D eigenvalue weighted by atomic mass is 9.86. The average Bonchev–Trinajstić information content (AvgIpc) is 2.73. The number of rotatable bonds is 0. The van der Waals surface area contributed by atoms with Crippen molar-refractivity contribution in [2.24, 2.45) is 0 Å². The Morgan fingerprint density at radius 1 is 1.24 bits per heavy atom. The number of aryl methyl sites for hydroxylation is 1. The lowest BCUT2D eigenvalue weighted by Crippen LogP contribution is -2.24. The van der Waals surface area contributed by atoms with Gasteiger partial charge in [-0.05, 0) is 35.9 Å². The summed E-state index contributed by atoms with van der Waals surface area (Å²) in [5.74, 6) is 0. The molecule has 0 aliphatic heterocycles. The van der Waals surface area contributed by atoms with Crippen molar-refractivity contribution in [2.75, 3.05) is 0 Å². The second kappa shape index (κ2) is 5.09. The Kier molecular flexibility index (Phi) is 3.73. The minimum atomic E-state index is 1.01. The Bertz CT molecular complexity index is 649. The fourth-order valence-electron chi connectivity index (χ4n) is 2.24. The van der Waals surface area contributed by atoms with Crippen molar-refractivity contribution < 1.29 is 0 Å². The Balaban J connectivity index is 0.000000514. The summed E-state index contributed by atoms with van der Waals surface area (Å²) in [5, 5.41) is 2.63. The summed E-state index contributed by atoms with van der Waals surface area (Å²) in [4.78, 5) is 0. The molecule has 0 spiro atoms. The van der Waals surface area contributed by atoms with E-state index in [-0.39, 0.29) is 0 Å². The third-order valence-corrected chi connectivity index (χ3v) is 4.34. The van der Waals surface area contributed by atoms with Crippen molar-refractivity contribution in [1.29, 1.82) is 0 Å². The van der Waals surface area contributed by atoms with Gasteiger partial charge in [0.15, 0.2) is 0 Å². The van der Waals surface area contributed by atoms with E-state index in [4.69, 9.17) is 7.85 Å². The van der Waals surface area contributed by atoms with Crippen LogP contribution in [0, 0.1) is 6.92 Å². The van der Waals surface area contributed by atoms with E-state index in [0.29, 0.717) is 0 Å². The van der Waals surface area contributed by atoms with Gasteiger partial charge in [-0.3, -0.25) is 0 Å². The lowest BCUT2D eigenvalue weighted by Gasteiger charge is -2.02. The van der Waals surface area contributed by atoms with Crippen molar-refractivity contribution in [3.05, 3.63) is 33.5 Å². The molecule has 1 aliphatic carbocycles. The average molecular weight is 240 g/mol. The van der Waals surface area contributed by atoms with E-state index in [1.165, 1.54) is 25.4 Å². The third kappa shape index (κ3) is 2.06. The lowest BCUT2D eigenvalue weighted by molar-refractivity contribution is 1.12. The fourth-order valence-corrected chi connectivity index (χ4v) is 3.51. The van der Waals surface area contributed by atoms with Gasteiger partial charge < -0.3 is 0 Å². The first-order valence-electron chi connectivity index (χ1n) is 6.24. The predicted molar refractivity (Wildman–Crippen MR) is 80.0 cm³/mol. The van der Waals surface area contributed by atoms with Gasteiger partial charge in [0.1, 0.15) is 7.85 Å². The van der Waals surface area contributed by atoms with Crippen molar-refractivity contribution >= 4 is 40.8 Å². The van der Waals surface area contributed by atoms with Gasteiger partial charge in [0.25, 0.3) is 0 Å². The van der Waals surface area contributed by atoms with Crippen LogP contribution in [0.2, 0.25) is 0 Å². The molecular weight excluding hydrogens is 223 g/mol. The van der Waals surface area contributed by atoms with Gasteiger partial charge in [0.2, 0.25) is 0 Å². The maximum atomic E-state index is 6.11. The second-order valence-corrected chi connectivity index (χ2v) is 5.11. The highest BCUT2D eigenvalue weighted by Crippen LogP contribution is 2.20. The first kappa shape index (κ1) is 12.4. The number of thiophene rings is 1. The quantitative estimate of drug-likeness (QED) is 0.621. The maximum absolute atomic E-state index is 6.11. The highest BCUT2D eigenvalue weighted by Gasteiger charge is 2.07. The van der Waals surface area contributed by atoms with E-state index in [1.807, 2.05) is 25.2 Å². The third-order valence-electron chi connectivity index (χ3n) is 3.00. The van der Waals surface area contributed by atoms with Crippen LogP contribution in [0.25, 0.3) is 21.6 Å². The first-order chi connectivity index (χ1) is 8.27. The molecule has 1 aromatic carbocycles. The monoisotopic (exact) mass is 240 g/mol. The SMILES string of the molecule is CC.[B]C1=c2c(sc3c(C)cccc23)=CCC1. The van der Waals surface area contributed by atoms with Crippen molar-refractivity contribution in [2.45, 2.75) is 33.6 Å². The highest BCUT2D eigenvalue weighted by molar-refractivity contribution is 7.17. The van der Waals surface area contributed by atoms with Gasteiger partial charge in [-0.2, -0.15) is 0 Å². The molecule has 0 saturated heterocycles. The van der Waals surface area contributed by atoms with Crippen LogP contribution < -0.4 is 9.75 Å². The van der Waals surface area contributed by atoms with Crippen molar-refractivity contribution in [1.82, 2.24) is 0 Å². The summed E-state index contributed by atoms with van der Waals surface area (Å²) >= 11 is 1.87. The molecule has 0 bridgehead atoms. The molecule has 0 unspecified atom stereocenters. The van der Waals surface area contributed by atoms with Crippen LogP contribution in [0.4, 0.5) is 0 Å². The molecule has 2 heteroatoms. The first-order valence-corrected chi connectivity index (χ1v) is 7.06. The molecule has 1 heterocycles. The Hall–Kier alpha value is -1.02. The zero-order valence-corrected chi connectivity index (χ0v) is 11.5. The van der Waals surface area contributed by atoms with Crippen LogP contribution in [0.3, 0.4) is 0 Å². The van der Waals surface area contributed by atoms with Crippen molar-refractivity contribution in [3.8, 4) is 0 Å². The minimum Gasteiger partial charge on any atom is -0.135 e. The van der Waals surface area contributed by atoms with Gasteiger partial charge in [0.05, 0.1) is 0 Å². The molecule has 0 fully saturated rings. The Morgan fingerprint density at radius 2 is 2.00 bits per heavy atom. The van der Waals surface area contributed by atoms with Crippen LogP contribution in [-0.4, -0.2) is 7.85 Å². The summed E-state index contributed by atoms with van der Waals surface area (Å²) in [7, 11) is 6.11. The number of benzene rings is 1.